The molecule has 0 atom stereocenters. The molecule has 1 aliphatic rings. The minimum absolute atomic E-state index is 0.0293. The van der Waals surface area contributed by atoms with Crippen LogP contribution in [-0.2, 0) is 17.8 Å². The van der Waals surface area contributed by atoms with Crippen LogP contribution in [0.4, 0.5) is 5.69 Å². The third-order valence-electron chi connectivity index (χ3n) is 5.25. The maximum Gasteiger partial charge on any atom is 0.224 e. The number of benzene rings is 2. The molecule has 1 fully saturated rings. The summed E-state index contributed by atoms with van der Waals surface area (Å²) in [6.07, 6.45) is 2.52. The van der Waals surface area contributed by atoms with E-state index in [1.807, 2.05) is 55.1 Å². The Morgan fingerprint density at radius 3 is 2.73 bits per heavy atom. The average Bonchev–Trinajstić information content (AvgIpc) is 3.25. The van der Waals surface area contributed by atoms with Crippen molar-refractivity contribution in [1.29, 1.82) is 0 Å². The van der Waals surface area contributed by atoms with Crippen molar-refractivity contribution in [2.45, 2.75) is 26.3 Å². The molecule has 1 amide bonds. The van der Waals surface area contributed by atoms with Crippen molar-refractivity contribution in [2.24, 2.45) is 0 Å². The first kappa shape index (κ1) is 20.7. The van der Waals surface area contributed by atoms with Crippen LogP contribution in [0.5, 0.6) is 0 Å². The summed E-state index contributed by atoms with van der Waals surface area (Å²) in [5, 5.41) is 3.02. The average molecular weight is 422 g/mol. The summed E-state index contributed by atoms with van der Waals surface area (Å²) in [4.78, 5) is 19.2. The lowest BCUT2D eigenvalue weighted by atomic mass is 10.1. The minimum atomic E-state index is -0.0293. The number of hydrogen-bond acceptors (Lipinski definition) is 5. The lowest BCUT2D eigenvalue weighted by molar-refractivity contribution is -0.116. The summed E-state index contributed by atoms with van der Waals surface area (Å²) < 4.78 is 5.78. The van der Waals surface area contributed by atoms with Crippen molar-refractivity contribution in [1.82, 2.24) is 9.88 Å². The highest BCUT2D eigenvalue weighted by atomic mass is 32.2. The SMILES string of the molecule is Cc1cc(CN2CCSCC2)ccc1NC(=O)CCc1ncc(-c2ccccc2)o1. The molecule has 0 aliphatic carbocycles. The fourth-order valence-corrected chi connectivity index (χ4v) is 4.56. The van der Waals surface area contributed by atoms with Crippen molar-refractivity contribution in [3.63, 3.8) is 0 Å². The fourth-order valence-electron chi connectivity index (χ4n) is 3.58. The van der Waals surface area contributed by atoms with E-state index in [1.165, 1.54) is 17.1 Å². The fraction of sp³-hybridized carbons (Fsp3) is 0.333. The molecule has 0 radical (unpaired) electrons. The van der Waals surface area contributed by atoms with Crippen LogP contribution in [0.25, 0.3) is 11.3 Å². The van der Waals surface area contributed by atoms with E-state index in [2.05, 4.69) is 27.3 Å². The summed E-state index contributed by atoms with van der Waals surface area (Å²) in [6.45, 7) is 5.32. The molecule has 156 valence electrons. The molecule has 4 rings (SSSR count). The minimum Gasteiger partial charge on any atom is -0.441 e. The number of aromatic nitrogens is 1. The van der Waals surface area contributed by atoms with Gasteiger partial charge >= 0.3 is 0 Å². The van der Waals surface area contributed by atoms with Crippen LogP contribution in [-0.4, -0.2) is 40.4 Å². The molecule has 0 unspecified atom stereocenters. The zero-order valence-corrected chi connectivity index (χ0v) is 18.1. The number of amides is 1. The van der Waals surface area contributed by atoms with Gasteiger partial charge in [0.05, 0.1) is 6.20 Å². The monoisotopic (exact) mass is 421 g/mol. The molecule has 0 spiro atoms. The molecule has 30 heavy (non-hydrogen) atoms. The Labute approximate surface area is 181 Å². The Kier molecular flexibility index (Phi) is 6.87. The van der Waals surface area contributed by atoms with E-state index < -0.39 is 0 Å². The highest BCUT2D eigenvalue weighted by Gasteiger charge is 2.13. The largest absolute Gasteiger partial charge is 0.441 e. The number of nitrogens with one attached hydrogen (secondary N) is 1. The second-order valence-corrected chi connectivity index (χ2v) is 8.79. The topological polar surface area (TPSA) is 58.4 Å². The highest BCUT2D eigenvalue weighted by molar-refractivity contribution is 7.99. The van der Waals surface area contributed by atoms with Gasteiger partial charge < -0.3 is 9.73 Å². The van der Waals surface area contributed by atoms with Crippen molar-refractivity contribution >= 4 is 23.4 Å². The first-order valence-electron chi connectivity index (χ1n) is 10.4. The first-order valence-corrected chi connectivity index (χ1v) is 11.5. The standard InChI is InChI=1S/C24H27N3O2S/c1-18-15-19(17-27-11-13-30-14-12-27)7-8-21(18)26-23(28)9-10-24-25-16-22(29-24)20-5-3-2-4-6-20/h2-8,15-16H,9-14,17H2,1H3,(H,26,28). The Morgan fingerprint density at radius 2 is 1.97 bits per heavy atom. The summed E-state index contributed by atoms with van der Waals surface area (Å²) in [5.41, 5.74) is 4.25. The molecular weight excluding hydrogens is 394 g/mol. The van der Waals surface area contributed by atoms with Gasteiger partial charge in [0.1, 0.15) is 0 Å². The number of anilines is 1. The number of hydrogen-bond donors (Lipinski definition) is 1. The maximum absolute atomic E-state index is 12.4. The van der Waals surface area contributed by atoms with Gasteiger partial charge in [-0.3, -0.25) is 9.69 Å². The van der Waals surface area contributed by atoms with Crippen LogP contribution in [0.1, 0.15) is 23.4 Å². The number of nitrogens with zero attached hydrogens (tertiary/aromatic N) is 2. The Bertz CT molecular complexity index is 981. The van der Waals surface area contributed by atoms with E-state index >= 15 is 0 Å². The van der Waals surface area contributed by atoms with Crippen molar-refractivity contribution in [2.75, 3.05) is 29.9 Å². The van der Waals surface area contributed by atoms with Gasteiger partial charge in [-0.15, -0.1) is 0 Å². The van der Waals surface area contributed by atoms with Crippen molar-refractivity contribution in [3.8, 4) is 11.3 Å². The summed E-state index contributed by atoms with van der Waals surface area (Å²) in [7, 11) is 0. The van der Waals surface area contributed by atoms with Crippen molar-refractivity contribution in [3.05, 3.63) is 71.7 Å². The molecule has 0 bridgehead atoms. The molecule has 6 heteroatoms. The van der Waals surface area contributed by atoms with E-state index in [9.17, 15) is 4.79 Å². The number of carbonyl (C=O) groups excluding carboxylic acids is 1. The van der Waals surface area contributed by atoms with Gasteiger partial charge in [0.2, 0.25) is 5.91 Å². The normalized spacial score (nSPS) is 14.6. The van der Waals surface area contributed by atoms with Crippen LogP contribution >= 0.6 is 11.8 Å². The second kappa shape index (κ2) is 9.96. The lowest BCUT2D eigenvalue weighted by Gasteiger charge is -2.26. The quantitative estimate of drug-likeness (QED) is 0.595. The lowest BCUT2D eigenvalue weighted by Crippen LogP contribution is -2.31. The van der Waals surface area contributed by atoms with Gasteiger partial charge in [0.15, 0.2) is 11.7 Å². The zero-order chi connectivity index (χ0) is 20.8. The Balaban J connectivity index is 1.29. The van der Waals surface area contributed by atoms with Crippen LogP contribution in [0, 0.1) is 6.92 Å². The summed E-state index contributed by atoms with van der Waals surface area (Å²) in [5.74, 6) is 3.70. The predicted molar refractivity (Wildman–Crippen MR) is 123 cm³/mol. The van der Waals surface area contributed by atoms with E-state index in [-0.39, 0.29) is 5.91 Å². The third kappa shape index (κ3) is 5.52. The number of rotatable bonds is 7. The molecule has 5 nitrogen and oxygen atoms in total. The first-order chi connectivity index (χ1) is 14.7. The summed E-state index contributed by atoms with van der Waals surface area (Å²) >= 11 is 2.02. The molecule has 1 saturated heterocycles. The molecule has 0 saturated carbocycles. The van der Waals surface area contributed by atoms with E-state index in [0.717, 1.165) is 42.2 Å². The number of aryl methyl sites for hydroxylation is 2. The Morgan fingerprint density at radius 1 is 1.17 bits per heavy atom. The van der Waals surface area contributed by atoms with Gasteiger partial charge in [-0.2, -0.15) is 11.8 Å². The second-order valence-electron chi connectivity index (χ2n) is 7.57. The number of carbonyl (C=O) groups is 1. The third-order valence-corrected chi connectivity index (χ3v) is 6.20. The van der Waals surface area contributed by atoms with E-state index in [4.69, 9.17) is 4.42 Å². The van der Waals surface area contributed by atoms with Gasteiger partial charge in [0, 0.05) is 55.2 Å². The molecule has 3 aromatic rings. The Hall–Kier alpha value is -2.57. The van der Waals surface area contributed by atoms with Crippen LogP contribution in [0.3, 0.4) is 0 Å². The highest BCUT2D eigenvalue weighted by Crippen LogP contribution is 2.22. The predicted octanol–water partition coefficient (Wildman–Crippen LogP) is 4.77. The van der Waals surface area contributed by atoms with Gasteiger partial charge in [0.25, 0.3) is 0 Å². The van der Waals surface area contributed by atoms with Crippen LogP contribution < -0.4 is 5.32 Å². The molecule has 2 aromatic carbocycles. The molecule has 1 aromatic heterocycles. The van der Waals surface area contributed by atoms with Crippen molar-refractivity contribution < 1.29 is 9.21 Å². The summed E-state index contributed by atoms with van der Waals surface area (Å²) in [6, 6.07) is 16.2. The molecule has 1 aliphatic heterocycles. The maximum atomic E-state index is 12.4. The van der Waals surface area contributed by atoms with Crippen LogP contribution in [0.15, 0.2) is 59.1 Å². The number of oxazole rings is 1. The van der Waals surface area contributed by atoms with Crippen LogP contribution in [0.2, 0.25) is 0 Å². The molecule has 2 heterocycles. The molecule has 1 N–H and O–H groups in total. The van der Waals surface area contributed by atoms with Gasteiger partial charge in [-0.05, 0) is 24.1 Å². The number of thioether (sulfide) groups is 1. The van der Waals surface area contributed by atoms with E-state index in [1.54, 1.807) is 6.20 Å². The zero-order valence-electron chi connectivity index (χ0n) is 17.3. The molecular formula is C24H27N3O2S. The van der Waals surface area contributed by atoms with E-state index in [0.29, 0.717) is 18.7 Å². The van der Waals surface area contributed by atoms with Gasteiger partial charge in [-0.1, -0.05) is 42.5 Å². The smallest absolute Gasteiger partial charge is 0.224 e. The van der Waals surface area contributed by atoms with Gasteiger partial charge in [-0.25, -0.2) is 4.98 Å².